The minimum Gasteiger partial charge on any atom is -0.384 e. The summed E-state index contributed by atoms with van der Waals surface area (Å²) in [6.07, 6.45) is 0.263. The fourth-order valence-electron chi connectivity index (χ4n) is 1.84. The van der Waals surface area contributed by atoms with Crippen molar-refractivity contribution in [3.63, 3.8) is 0 Å². The smallest absolute Gasteiger partial charge is 0.105 e. The van der Waals surface area contributed by atoms with E-state index >= 15 is 0 Å². The molecule has 0 unspecified atom stereocenters. The van der Waals surface area contributed by atoms with Crippen molar-refractivity contribution >= 4 is 23.2 Å². The van der Waals surface area contributed by atoms with E-state index in [1.807, 2.05) is 24.3 Å². The second-order valence-corrected chi connectivity index (χ2v) is 5.01. The Balaban J connectivity index is 2.31. The second kappa shape index (κ2) is 5.75. The summed E-state index contributed by atoms with van der Waals surface area (Å²) in [6, 6.07) is 13.0. The summed E-state index contributed by atoms with van der Waals surface area (Å²) in [5.41, 5.74) is 2.75. The van der Waals surface area contributed by atoms with Gasteiger partial charge in [0.1, 0.15) is 6.10 Å². The number of aliphatic hydroxyl groups excluding tert-OH is 1. The Labute approximate surface area is 117 Å². The summed E-state index contributed by atoms with van der Waals surface area (Å²) in [5, 5.41) is 11.3. The van der Waals surface area contributed by atoms with Crippen LogP contribution in [0.4, 0.5) is 0 Å². The monoisotopic (exact) mass is 280 g/mol. The number of aryl methyl sites for hydroxylation is 1. The Morgan fingerprint density at radius 3 is 2.28 bits per heavy atom. The SMILES string of the molecule is CCc1ccc([C@H](O)c2ccc(Cl)cc2Cl)cc1. The standard InChI is InChI=1S/C15H14Cl2O/c1-2-10-3-5-11(6-4-10)15(18)13-8-7-12(16)9-14(13)17/h3-9,15,18H,2H2,1H3/t15-/m0/s1. The first-order valence-corrected chi connectivity index (χ1v) is 6.59. The van der Waals surface area contributed by atoms with Crippen LogP contribution >= 0.6 is 23.2 Å². The van der Waals surface area contributed by atoms with Crippen LogP contribution in [0.3, 0.4) is 0 Å². The van der Waals surface area contributed by atoms with E-state index in [0.717, 1.165) is 12.0 Å². The van der Waals surface area contributed by atoms with Crippen LogP contribution in [0.25, 0.3) is 0 Å². The molecule has 0 amide bonds. The molecule has 0 saturated heterocycles. The maximum Gasteiger partial charge on any atom is 0.105 e. The number of halogens is 2. The minimum atomic E-state index is -0.722. The van der Waals surface area contributed by atoms with Gasteiger partial charge in [-0.3, -0.25) is 0 Å². The highest BCUT2D eigenvalue weighted by molar-refractivity contribution is 6.35. The van der Waals surface area contributed by atoms with Gasteiger partial charge in [0.25, 0.3) is 0 Å². The van der Waals surface area contributed by atoms with Crippen LogP contribution in [0.15, 0.2) is 42.5 Å². The van der Waals surface area contributed by atoms with Crippen molar-refractivity contribution < 1.29 is 5.11 Å². The van der Waals surface area contributed by atoms with Crippen LogP contribution in [0.2, 0.25) is 10.0 Å². The van der Waals surface area contributed by atoms with Crippen LogP contribution in [0.1, 0.15) is 29.7 Å². The summed E-state index contributed by atoms with van der Waals surface area (Å²) >= 11 is 11.9. The van der Waals surface area contributed by atoms with Gasteiger partial charge in [0.05, 0.1) is 0 Å². The highest BCUT2D eigenvalue weighted by atomic mass is 35.5. The van der Waals surface area contributed by atoms with Crippen LogP contribution in [-0.2, 0) is 6.42 Å². The second-order valence-electron chi connectivity index (χ2n) is 4.16. The van der Waals surface area contributed by atoms with Crippen molar-refractivity contribution in [1.29, 1.82) is 0 Å². The highest BCUT2D eigenvalue weighted by Crippen LogP contribution is 2.30. The van der Waals surface area contributed by atoms with Crippen molar-refractivity contribution in [3.05, 3.63) is 69.2 Å². The molecule has 2 aromatic rings. The summed E-state index contributed by atoms with van der Waals surface area (Å²) in [6.45, 7) is 2.10. The molecule has 0 spiro atoms. The molecule has 0 fully saturated rings. The van der Waals surface area contributed by atoms with Crippen molar-refractivity contribution in [3.8, 4) is 0 Å². The Kier molecular flexibility index (Phi) is 4.28. The third kappa shape index (κ3) is 2.86. The number of benzene rings is 2. The third-order valence-corrected chi connectivity index (χ3v) is 3.52. The predicted molar refractivity (Wildman–Crippen MR) is 76.3 cm³/mol. The van der Waals surface area contributed by atoms with E-state index in [4.69, 9.17) is 23.2 Å². The van der Waals surface area contributed by atoms with Gasteiger partial charge in [0.15, 0.2) is 0 Å². The van der Waals surface area contributed by atoms with Crippen molar-refractivity contribution in [2.24, 2.45) is 0 Å². The van der Waals surface area contributed by atoms with Gasteiger partial charge >= 0.3 is 0 Å². The first-order chi connectivity index (χ1) is 8.61. The molecule has 0 aliphatic carbocycles. The summed E-state index contributed by atoms with van der Waals surface area (Å²) in [4.78, 5) is 0. The van der Waals surface area contributed by atoms with Gasteiger partial charge in [-0.15, -0.1) is 0 Å². The lowest BCUT2D eigenvalue weighted by Gasteiger charge is -2.13. The molecule has 1 atom stereocenters. The topological polar surface area (TPSA) is 20.2 Å². The molecule has 18 heavy (non-hydrogen) atoms. The molecule has 0 heterocycles. The summed E-state index contributed by atoms with van der Waals surface area (Å²) < 4.78 is 0. The van der Waals surface area contributed by atoms with E-state index in [2.05, 4.69) is 6.92 Å². The number of hydrogen-bond donors (Lipinski definition) is 1. The van der Waals surface area contributed by atoms with Crippen molar-refractivity contribution in [2.75, 3.05) is 0 Å². The molecule has 2 rings (SSSR count). The number of rotatable bonds is 3. The van der Waals surface area contributed by atoms with E-state index in [0.29, 0.717) is 15.6 Å². The van der Waals surface area contributed by atoms with Gasteiger partial charge in [0, 0.05) is 15.6 Å². The molecule has 1 nitrogen and oxygen atoms in total. The first-order valence-electron chi connectivity index (χ1n) is 5.83. The summed E-state index contributed by atoms with van der Waals surface area (Å²) in [5.74, 6) is 0. The first kappa shape index (κ1) is 13.4. The molecule has 0 aliphatic heterocycles. The van der Waals surface area contributed by atoms with Gasteiger partial charge in [-0.1, -0.05) is 60.5 Å². The van der Waals surface area contributed by atoms with E-state index in [1.165, 1.54) is 5.56 Å². The maximum absolute atomic E-state index is 10.3. The highest BCUT2D eigenvalue weighted by Gasteiger charge is 2.13. The molecule has 0 bridgehead atoms. The number of hydrogen-bond acceptors (Lipinski definition) is 1. The lowest BCUT2D eigenvalue weighted by atomic mass is 10.00. The minimum absolute atomic E-state index is 0.481. The normalized spacial score (nSPS) is 12.4. The predicted octanol–water partition coefficient (Wildman–Crippen LogP) is 4.64. The molecule has 2 aromatic carbocycles. The van der Waals surface area contributed by atoms with Gasteiger partial charge in [-0.2, -0.15) is 0 Å². The quantitative estimate of drug-likeness (QED) is 0.869. The summed E-state index contributed by atoms with van der Waals surface area (Å²) in [7, 11) is 0. The van der Waals surface area contributed by atoms with E-state index < -0.39 is 6.10 Å². The zero-order valence-corrected chi connectivity index (χ0v) is 11.5. The molecule has 3 heteroatoms. The van der Waals surface area contributed by atoms with Crippen LogP contribution in [0.5, 0.6) is 0 Å². The molecule has 0 aliphatic rings. The molecule has 94 valence electrons. The average Bonchev–Trinajstić information content (AvgIpc) is 2.38. The largest absolute Gasteiger partial charge is 0.384 e. The fraction of sp³-hybridized carbons (Fsp3) is 0.200. The molecular formula is C15H14Cl2O. The Bertz CT molecular complexity index is 535. The van der Waals surface area contributed by atoms with Gasteiger partial charge in [-0.25, -0.2) is 0 Å². The van der Waals surface area contributed by atoms with Crippen LogP contribution in [0, 0.1) is 0 Å². The fourth-order valence-corrected chi connectivity index (χ4v) is 2.35. The molecule has 1 N–H and O–H groups in total. The van der Waals surface area contributed by atoms with Crippen molar-refractivity contribution in [2.45, 2.75) is 19.4 Å². The Morgan fingerprint density at radius 1 is 1.06 bits per heavy atom. The van der Waals surface area contributed by atoms with E-state index in [1.54, 1.807) is 18.2 Å². The van der Waals surface area contributed by atoms with E-state index in [-0.39, 0.29) is 0 Å². The zero-order valence-electron chi connectivity index (χ0n) is 10.0. The molecule has 0 radical (unpaired) electrons. The molecule has 0 aromatic heterocycles. The number of aliphatic hydroxyl groups is 1. The maximum atomic E-state index is 10.3. The van der Waals surface area contributed by atoms with Crippen molar-refractivity contribution in [1.82, 2.24) is 0 Å². The van der Waals surface area contributed by atoms with Crippen LogP contribution < -0.4 is 0 Å². The van der Waals surface area contributed by atoms with Gasteiger partial charge < -0.3 is 5.11 Å². The lowest BCUT2D eigenvalue weighted by molar-refractivity contribution is 0.220. The third-order valence-electron chi connectivity index (χ3n) is 2.96. The lowest BCUT2D eigenvalue weighted by Crippen LogP contribution is -2.00. The molecular weight excluding hydrogens is 267 g/mol. The average molecular weight is 281 g/mol. The van der Waals surface area contributed by atoms with E-state index in [9.17, 15) is 5.11 Å². The van der Waals surface area contributed by atoms with Crippen LogP contribution in [-0.4, -0.2) is 5.11 Å². The zero-order chi connectivity index (χ0) is 13.1. The van der Waals surface area contributed by atoms with Gasteiger partial charge in [-0.05, 0) is 29.7 Å². The Hall–Kier alpha value is -1.02. The Morgan fingerprint density at radius 2 is 1.72 bits per heavy atom. The van der Waals surface area contributed by atoms with Gasteiger partial charge in [0.2, 0.25) is 0 Å². The molecule has 0 saturated carbocycles.